The predicted octanol–water partition coefficient (Wildman–Crippen LogP) is 4.42. The molecule has 29 heavy (non-hydrogen) atoms. The van der Waals surface area contributed by atoms with Crippen LogP contribution in [0.15, 0.2) is 69.3 Å². The maximum absolute atomic E-state index is 13.3. The molecule has 2 aromatic carbocycles. The number of nitrogens with one attached hydrogen (secondary N) is 1. The van der Waals surface area contributed by atoms with Gasteiger partial charge < -0.3 is 5.32 Å². The number of benzene rings is 2. The highest BCUT2D eigenvalue weighted by atomic mass is 79.9. The molecule has 1 atom stereocenters. The molecule has 0 radical (unpaired) electrons. The van der Waals surface area contributed by atoms with Crippen molar-refractivity contribution in [1.29, 1.82) is 0 Å². The molecule has 0 aliphatic carbocycles. The van der Waals surface area contributed by atoms with Crippen LogP contribution in [0.3, 0.4) is 0 Å². The second kappa shape index (κ2) is 8.74. The van der Waals surface area contributed by atoms with Gasteiger partial charge in [0.2, 0.25) is 10.0 Å². The monoisotopic (exact) mass is 496 g/mol. The number of amides is 1. The molecule has 1 N–H and O–H groups in total. The van der Waals surface area contributed by atoms with Gasteiger partial charge in [-0.15, -0.1) is 11.3 Å². The van der Waals surface area contributed by atoms with E-state index >= 15 is 0 Å². The van der Waals surface area contributed by atoms with Crippen LogP contribution >= 0.6 is 27.3 Å². The Kier molecular flexibility index (Phi) is 6.52. The molecule has 3 rings (SSSR count). The molecule has 0 saturated heterocycles. The first-order valence-corrected chi connectivity index (χ1v) is 11.6. The number of carbonyl (C=O) groups is 1. The minimum absolute atomic E-state index is 0.00426. The van der Waals surface area contributed by atoms with E-state index in [4.69, 9.17) is 0 Å². The molecule has 0 aliphatic rings. The highest BCUT2D eigenvalue weighted by molar-refractivity contribution is 9.10. The van der Waals surface area contributed by atoms with Crippen LogP contribution in [0.5, 0.6) is 0 Å². The van der Waals surface area contributed by atoms with Gasteiger partial charge in [0.25, 0.3) is 5.91 Å². The predicted molar refractivity (Wildman–Crippen MR) is 115 cm³/mol. The summed E-state index contributed by atoms with van der Waals surface area (Å²) >= 11 is 4.70. The summed E-state index contributed by atoms with van der Waals surface area (Å²) in [4.78, 5) is 13.8. The maximum Gasteiger partial charge on any atom is 0.252 e. The van der Waals surface area contributed by atoms with E-state index in [0.717, 1.165) is 14.7 Å². The van der Waals surface area contributed by atoms with E-state index in [9.17, 15) is 17.6 Å². The van der Waals surface area contributed by atoms with Crippen molar-refractivity contribution in [2.75, 3.05) is 14.1 Å². The average molecular weight is 497 g/mol. The average Bonchev–Trinajstić information content (AvgIpc) is 3.21. The third kappa shape index (κ3) is 4.75. The van der Waals surface area contributed by atoms with Gasteiger partial charge in [0.1, 0.15) is 5.82 Å². The standard InChI is InChI=1S/C20H18BrFN2O3S2/c1-24(2)29(26,27)18-12-14(7-10-16(18)21)20(25)23-19(17-4-3-11-28-17)13-5-8-15(22)9-6-13/h3-12,19H,1-2H3,(H,23,25). The van der Waals surface area contributed by atoms with Gasteiger partial charge in [-0.05, 0) is 63.3 Å². The molecule has 0 fully saturated rings. The summed E-state index contributed by atoms with van der Waals surface area (Å²) in [7, 11) is -0.872. The lowest BCUT2D eigenvalue weighted by Crippen LogP contribution is -2.29. The molecule has 1 heterocycles. The van der Waals surface area contributed by atoms with Gasteiger partial charge in [-0.1, -0.05) is 18.2 Å². The van der Waals surface area contributed by atoms with Crippen molar-refractivity contribution in [1.82, 2.24) is 9.62 Å². The molecule has 1 aromatic heterocycles. The summed E-state index contributed by atoms with van der Waals surface area (Å²) in [6, 6.07) is 13.6. The fourth-order valence-corrected chi connectivity index (χ4v) is 5.33. The highest BCUT2D eigenvalue weighted by Crippen LogP contribution is 2.28. The third-order valence-electron chi connectivity index (χ3n) is 4.26. The summed E-state index contributed by atoms with van der Waals surface area (Å²) in [5.41, 5.74) is 0.928. The number of rotatable bonds is 6. The molecular formula is C20H18BrFN2O3S2. The Labute approximate surface area is 181 Å². The van der Waals surface area contributed by atoms with Crippen LogP contribution in [0, 0.1) is 5.82 Å². The number of sulfonamides is 1. The van der Waals surface area contributed by atoms with E-state index in [0.29, 0.717) is 4.47 Å². The van der Waals surface area contributed by atoms with E-state index in [1.807, 2.05) is 17.5 Å². The topological polar surface area (TPSA) is 66.5 Å². The Balaban J connectivity index is 1.96. The fraction of sp³-hybridized carbons (Fsp3) is 0.150. The zero-order valence-corrected chi connectivity index (χ0v) is 18.8. The third-order valence-corrected chi connectivity index (χ3v) is 8.00. The van der Waals surface area contributed by atoms with Gasteiger partial charge in [0, 0.05) is 29.0 Å². The molecule has 0 spiro atoms. The van der Waals surface area contributed by atoms with E-state index in [-0.39, 0.29) is 16.3 Å². The van der Waals surface area contributed by atoms with Crippen molar-refractivity contribution >= 4 is 43.2 Å². The van der Waals surface area contributed by atoms with E-state index in [1.165, 1.54) is 49.7 Å². The summed E-state index contributed by atoms with van der Waals surface area (Å²) < 4.78 is 39.8. The normalized spacial score (nSPS) is 12.7. The lowest BCUT2D eigenvalue weighted by Gasteiger charge is -2.19. The summed E-state index contributed by atoms with van der Waals surface area (Å²) in [5, 5.41) is 4.81. The Bertz CT molecular complexity index is 1120. The molecule has 0 bridgehead atoms. The Hall–Kier alpha value is -2.07. The second-order valence-corrected chi connectivity index (χ2v) is 10.4. The number of thiophene rings is 1. The van der Waals surface area contributed by atoms with E-state index < -0.39 is 22.0 Å². The van der Waals surface area contributed by atoms with Gasteiger partial charge in [0.05, 0.1) is 10.9 Å². The number of carbonyl (C=O) groups excluding carboxylic acids is 1. The number of hydrogen-bond acceptors (Lipinski definition) is 4. The quantitative estimate of drug-likeness (QED) is 0.549. The molecule has 5 nitrogen and oxygen atoms in total. The smallest absolute Gasteiger partial charge is 0.252 e. The van der Waals surface area contributed by atoms with Crippen molar-refractivity contribution in [3.63, 3.8) is 0 Å². The minimum atomic E-state index is -3.73. The van der Waals surface area contributed by atoms with Crippen molar-refractivity contribution in [3.8, 4) is 0 Å². The zero-order valence-electron chi connectivity index (χ0n) is 15.6. The van der Waals surface area contributed by atoms with Crippen molar-refractivity contribution < 1.29 is 17.6 Å². The van der Waals surface area contributed by atoms with Crippen LogP contribution in [-0.2, 0) is 10.0 Å². The van der Waals surface area contributed by atoms with Crippen LogP contribution in [0.2, 0.25) is 0 Å². The van der Waals surface area contributed by atoms with Crippen LogP contribution in [0.25, 0.3) is 0 Å². The van der Waals surface area contributed by atoms with Gasteiger partial charge in [-0.25, -0.2) is 17.1 Å². The molecule has 3 aromatic rings. The van der Waals surface area contributed by atoms with Gasteiger partial charge >= 0.3 is 0 Å². The van der Waals surface area contributed by atoms with Crippen molar-refractivity contribution in [2.45, 2.75) is 10.9 Å². The van der Waals surface area contributed by atoms with Crippen LogP contribution in [-0.4, -0.2) is 32.7 Å². The van der Waals surface area contributed by atoms with Gasteiger partial charge in [0.15, 0.2) is 0 Å². The minimum Gasteiger partial charge on any atom is -0.340 e. The Morgan fingerprint density at radius 2 is 1.83 bits per heavy atom. The Morgan fingerprint density at radius 3 is 2.41 bits per heavy atom. The highest BCUT2D eigenvalue weighted by Gasteiger charge is 2.24. The van der Waals surface area contributed by atoms with Crippen LogP contribution in [0.4, 0.5) is 4.39 Å². The SMILES string of the molecule is CN(C)S(=O)(=O)c1cc(C(=O)NC(c2ccc(F)cc2)c2cccs2)ccc1Br. The van der Waals surface area contributed by atoms with Gasteiger partial charge in [-0.3, -0.25) is 4.79 Å². The lowest BCUT2D eigenvalue weighted by molar-refractivity contribution is 0.0943. The zero-order chi connectivity index (χ0) is 21.2. The summed E-state index contributed by atoms with van der Waals surface area (Å²) in [6.07, 6.45) is 0. The van der Waals surface area contributed by atoms with Crippen LogP contribution in [0.1, 0.15) is 26.8 Å². The number of nitrogens with zero attached hydrogens (tertiary/aromatic N) is 1. The summed E-state index contributed by atoms with van der Waals surface area (Å²) in [6.45, 7) is 0. The molecule has 152 valence electrons. The van der Waals surface area contributed by atoms with Crippen molar-refractivity contribution in [3.05, 3.63) is 86.3 Å². The molecule has 1 amide bonds. The molecule has 0 saturated carbocycles. The molecule has 0 aliphatic heterocycles. The van der Waals surface area contributed by atoms with E-state index in [2.05, 4.69) is 21.2 Å². The second-order valence-electron chi connectivity index (χ2n) is 6.41. The van der Waals surface area contributed by atoms with E-state index in [1.54, 1.807) is 18.2 Å². The largest absolute Gasteiger partial charge is 0.340 e. The first-order chi connectivity index (χ1) is 13.7. The lowest BCUT2D eigenvalue weighted by atomic mass is 10.0. The van der Waals surface area contributed by atoms with Crippen molar-refractivity contribution in [2.24, 2.45) is 0 Å². The first kappa shape index (κ1) is 21.6. The number of halogens is 2. The first-order valence-electron chi connectivity index (χ1n) is 8.52. The molecular weight excluding hydrogens is 479 g/mol. The summed E-state index contributed by atoms with van der Waals surface area (Å²) in [5.74, 6) is -0.799. The molecule has 9 heteroatoms. The Morgan fingerprint density at radius 1 is 1.14 bits per heavy atom. The fourth-order valence-electron chi connectivity index (χ4n) is 2.68. The van der Waals surface area contributed by atoms with Crippen LogP contribution < -0.4 is 5.32 Å². The number of hydrogen-bond donors (Lipinski definition) is 1. The maximum atomic E-state index is 13.3. The van der Waals surface area contributed by atoms with Gasteiger partial charge in [-0.2, -0.15) is 0 Å². The molecule has 1 unspecified atom stereocenters.